The fraction of sp³-hybridized carbons (Fsp3) is 0.600. The summed E-state index contributed by atoms with van der Waals surface area (Å²) >= 11 is 0. The summed E-state index contributed by atoms with van der Waals surface area (Å²) in [6.45, 7) is 1.16. The van der Waals surface area contributed by atoms with E-state index in [1.54, 1.807) is 11.1 Å². The first-order chi connectivity index (χ1) is 8.66. The van der Waals surface area contributed by atoms with Gasteiger partial charge < -0.3 is 14.7 Å². The van der Waals surface area contributed by atoms with Crippen LogP contribution < -0.4 is 0 Å². The SMILES string of the molecule is O=C(O)CC1COCCN1C(=O)Cn1ccnn1. The maximum Gasteiger partial charge on any atom is 0.305 e. The minimum atomic E-state index is -0.941. The first-order valence-electron chi connectivity index (χ1n) is 5.60. The molecular weight excluding hydrogens is 240 g/mol. The molecule has 1 aromatic heterocycles. The normalized spacial score (nSPS) is 19.8. The van der Waals surface area contributed by atoms with Crippen molar-refractivity contribution in [1.29, 1.82) is 0 Å². The monoisotopic (exact) mass is 254 g/mol. The van der Waals surface area contributed by atoms with Crippen molar-refractivity contribution in [2.24, 2.45) is 0 Å². The third-order valence-electron chi connectivity index (χ3n) is 2.73. The number of hydrogen-bond donors (Lipinski definition) is 1. The van der Waals surface area contributed by atoms with Crippen LogP contribution in [0.25, 0.3) is 0 Å². The van der Waals surface area contributed by atoms with Gasteiger partial charge in [0.05, 0.1) is 31.9 Å². The number of amides is 1. The van der Waals surface area contributed by atoms with E-state index in [1.165, 1.54) is 10.9 Å². The zero-order chi connectivity index (χ0) is 13.0. The van der Waals surface area contributed by atoms with Crippen LogP contribution in [0.3, 0.4) is 0 Å². The van der Waals surface area contributed by atoms with E-state index in [1.807, 2.05) is 0 Å². The van der Waals surface area contributed by atoms with Crippen LogP contribution in [0.2, 0.25) is 0 Å². The summed E-state index contributed by atoms with van der Waals surface area (Å²) in [6, 6.07) is -0.410. The lowest BCUT2D eigenvalue weighted by Crippen LogP contribution is -2.50. The summed E-state index contributed by atoms with van der Waals surface area (Å²) in [6.07, 6.45) is 2.97. The minimum Gasteiger partial charge on any atom is -0.481 e. The van der Waals surface area contributed by atoms with Crippen molar-refractivity contribution in [3.63, 3.8) is 0 Å². The predicted molar refractivity (Wildman–Crippen MR) is 58.6 cm³/mol. The highest BCUT2D eigenvalue weighted by Gasteiger charge is 2.29. The topological polar surface area (TPSA) is 97.6 Å². The highest BCUT2D eigenvalue weighted by molar-refractivity contribution is 5.77. The van der Waals surface area contributed by atoms with Crippen molar-refractivity contribution in [2.45, 2.75) is 19.0 Å². The Morgan fingerprint density at radius 1 is 1.50 bits per heavy atom. The van der Waals surface area contributed by atoms with E-state index < -0.39 is 12.0 Å². The molecule has 1 aliphatic rings. The molecule has 2 heterocycles. The first kappa shape index (κ1) is 12.5. The zero-order valence-corrected chi connectivity index (χ0v) is 9.73. The number of hydrogen-bond acceptors (Lipinski definition) is 5. The lowest BCUT2D eigenvalue weighted by atomic mass is 10.1. The molecule has 1 N–H and O–H groups in total. The molecule has 1 saturated heterocycles. The van der Waals surface area contributed by atoms with Crippen LogP contribution in [0.4, 0.5) is 0 Å². The number of carbonyl (C=O) groups is 2. The molecule has 0 bridgehead atoms. The van der Waals surface area contributed by atoms with Gasteiger partial charge >= 0.3 is 5.97 Å². The van der Waals surface area contributed by atoms with Gasteiger partial charge in [-0.2, -0.15) is 0 Å². The first-order valence-corrected chi connectivity index (χ1v) is 5.60. The van der Waals surface area contributed by atoms with Gasteiger partial charge in [0.15, 0.2) is 0 Å². The molecule has 1 fully saturated rings. The minimum absolute atomic E-state index is 0.0656. The van der Waals surface area contributed by atoms with Gasteiger partial charge in [-0.15, -0.1) is 5.10 Å². The Morgan fingerprint density at radius 3 is 3.00 bits per heavy atom. The van der Waals surface area contributed by atoms with E-state index in [2.05, 4.69) is 10.3 Å². The third kappa shape index (κ3) is 3.04. The van der Waals surface area contributed by atoms with Crippen LogP contribution >= 0.6 is 0 Å². The number of carboxylic acids is 1. The van der Waals surface area contributed by atoms with Gasteiger partial charge in [-0.3, -0.25) is 9.59 Å². The largest absolute Gasteiger partial charge is 0.481 e. The Balaban J connectivity index is 1.99. The number of carboxylic acid groups (broad SMARTS) is 1. The number of rotatable bonds is 4. The summed E-state index contributed by atoms with van der Waals surface area (Å²) in [7, 11) is 0. The molecule has 0 radical (unpaired) electrons. The molecule has 98 valence electrons. The molecule has 2 rings (SSSR count). The van der Waals surface area contributed by atoms with Crippen LogP contribution in [0.1, 0.15) is 6.42 Å². The van der Waals surface area contributed by atoms with Gasteiger partial charge in [0, 0.05) is 12.7 Å². The van der Waals surface area contributed by atoms with E-state index in [0.717, 1.165) is 0 Å². The van der Waals surface area contributed by atoms with Crippen molar-refractivity contribution >= 4 is 11.9 Å². The van der Waals surface area contributed by atoms with E-state index >= 15 is 0 Å². The maximum absolute atomic E-state index is 12.0. The summed E-state index contributed by atoms with van der Waals surface area (Å²) in [4.78, 5) is 24.3. The lowest BCUT2D eigenvalue weighted by molar-refractivity contribution is -0.146. The molecule has 0 aliphatic carbocycles. The molecule has 1 atom stereocenters. The van der Waals surface area contributed by atoms with E-state index in [0.29, 0.717) is 13.2 Å². The highest BCUT2D eigenvalue weighted by atomic mass is 16.5. The second kappa shape index (κ2) is 5.58. The second-order valence-electron chi connectivity index (χ2n) is 4.01. The smallest absolute Gasteiger partial charge is 0.305 e. The van der Waals surface area contributed by atoms with Gasteiger partial charge in [-0.1, -0.05) is 5.21 Å². The lowest BCUT2D eigenvalue weighted by Gasteiger charge is -2.34. The Kier molecular flexibility index (Phi) is 3.88. The fourth-order valence-electron chi connectivity index (χ4n) is 1.90. The van der Waals surface area contributed by atoms with Crippen molar-refractivity contribution in [2.75, 3.05) is 19.8 Å². The number of aliphatic carboxylic acids is 1. The Bertz CT molecular complexity index is 420. The maximum atomic E-state index is 12.0. The number of carbonyl (C=O) groups excluding carboxylic acids is 1. The van der Waals surface area contributed by atoms with E-state index in [4.69, 9.17) is 9.84 Å². The third-order valence-corrected chi connectivity index (χ3v) is 2.73. The quantitative estimate of drug-likeness (QED) is 0.738. The Hall–Kier alpha value is -1.96. The number of aromatic nitrogens is 3. The van der Waals surface area contributed by atoms with Gasteiger partial charge in [-0.05, 0) is 0 Å². The average Bonchev–Trinajstić information content (AvgIpc) is 2.81. The van der Waals surface area contributed by atoms with E-state index in [-0.39, 0.29) is 25.5 Å². The molecule has 1 aliphatic heterocycles. The van der Waals surface area contributed by atoms with Crippen LogP contribution in [-0.4, -0.2) is 62.7 Å². The molecule has 8 nitrogen and oxygen atoms in total. The molecule has 0 saturated carbocycles. The molecular formula is C10H14N4O4. The highest BCUT2D eigenvalue weighted by Crippen LogP contribution is 2.11. The van der Waals surface area contributed by atoms with Crippen LogP contribution in [0.15, 0.2) is 12.4 Å². The second-order valence-corrected chi connectivity index (χ2v) is 4.01. The van der Waals surface area contributed by atoms with Crippen LogP contribution in [-0.2, 0) is 20.9 Å². The summed E-state index contributed by atoms with van der Waals surface area (Å²) in [5.74, 6) is -1.11. The molecule has 1 aromatic rings. The van der Waals surface area contributed by atoms with Crippen molar-refractivity contribution in [3.05, 3.63) is 12.4 Å². The van der Waals surface area contributed by atoms with Crippen molar-refractivity contribution in [3.8, 4) is 0 Å². The van der Waals surface area contributed by atoms with Gasteiger partial charge in [0.1, 0.15) is 6.54 Å². The molecule has 0 spiro atoms. The Labute approximate surface area is 103 Å². The van der Waals surface area contributed by atoms with Gasteiger partial charge in [0.25, 0.3) is 0 Å². The van der Waals surface area contributed by atoms with Gasteiger partial charge in [0.2, 0.25) is 5.91 Å². The van der Waals surface area contributed by atoms with Gasteiger partial charge in [-0.25, -0.2) is 4.68 Å². The summed E-state index contributed by atoms with van der Waals surface area (Å²) in [5, 5.41) is 16.1. The summed E-state index contributed by atoms with van der Waals surface area (Å²) in [5.41, 5.74) is 0. The zero-order valence-electron chi connectivity index (χ0n) is 9.73. The molecule has 1 unspecified atom stereocenters. The van der Waals surface area contributed by atoms with Crippen LogP contribution in [0, 0.1) is 0 Å². The molecule has 18 heavy (non-hydrogen) atoms. The number of morpholine rings is 1. The molecule has 1 amide bonds. The average molecular weight is 254 g/mol. The standard InChI is InChI=1S/C10H14N4O4/c15-9(6-13-2-1-11-12-13)14-3-4-18-7-8(14)5-10(16)17/h1-2,8H,3-7H2,(H,16,17). The Morgan fingerprint density at radius 2 is 2.33 bits per heavy atom. The predicted octanol–water partition coefficient (Wildman–Crippen LogP) is -1.02. The van der Waals surface area contributed by atoms with Crippen LogP contribution in [0.5, 0.6) is 0 Å². The van der Waals surface area contributed by atoms with Crippen molar-refractivity contribution in [1.82, 2.24) is 19.9 Å². The summed E-state index contributed by atoms with van der Waals surface area (Å²) < 4.78 is 6.62. The molecule has 8 heteroatoms. The van der Waals surface area contributed by atoms with E-state index in [9.17, 15) is 9.59 Å². The van der Waals surface area contributed by atoms with Crippen molar-refractivity contribution < 1.29 is 19.4 Å². The number of ether oxygens (including phenoxy) is 1. The number of nitrogens with zero attached hydrogens (tertiary/aromatic N) is 4. The fourth-order valence-corrected chi connectivity index (χ4v) is 1.90. The molecule has 0 aromatic carbocycles.